The van der Waals surface area contributed by atoms with Crippen LogP contribution in [0.3, 0.4) is 0 Å². The number of allylic oxidation sites excluding steroid dienone is 3. The van der Waals surface area contributed by atoms with Crippen molar-refractivity contribution in [1.82, 2.24) is 0 Å². The van der Waals surface area contributed by atoms with Crippen LogP contribution in [0, 0.1) is 23.2 Å². The molecule has 0 bridgehead atoms. The summed E-state index contributed by atoms with van der Waals surface area (Å²) < 4.78 is 0. The Hall–Kier alpha value is -0.560. The summed E-state index contributed by atoms with van der Waals surface area (Å²) in [5.74, 6) is 2.75. The molecule has 4 aliphatic rings. The van der Waals surface area contributed by atoms with Gasteiger partial charge in [0, 0.05) is 0 Å². The van der Waals surface area contributed by atoms with Gasteiger partial charge in [0.05, 0.1) is 6.10 Å². The van der Waals surface area contributed by atoms with Gasteiger partial charge in [-0.3, -0.25) is 0 Å². The first-order chi connectivity index (χ1) is 11.1. The van der Waals surface area contributed by atoms with E-state index in [9.17, 15) is 5.11 Å². The van der Waals surface area contributed by atoms with Gasteiger partial charge in [0.25, 0.3) is 0 Å². The van der Waals surface area contributed by atoms with Gasteiger partial charge in [-0.2, -0.15) is 0 Å². The first-order valence-electron chi connectivity index (χ1n) is 10.2. The molecule has 0 aliphatic heterocycles. The summed E-state index contributed by atoms with van der Waals surface area (Å²) >= 11 is 0. The summed E-state index contributed by atoms with van der Waals surface area (Å²) in [5.41, 5.74) is 5.79. The first-order valence-corrected chi connectivity index (χ1v) is 10.2. The molecular weight excluding hydrogens is 280 g/mol. The van der Waals surface area contributed by atoms with Gasteiger partial charge in [-0.1, -0.05) is 43.1 Å². The van der Waals surface area contributed by atoms with Crippen molar-refractivity contribution in [1.29, 1.82) is 0 Å². The Morgan fingerprint density at radius 2 is 2.00 bits per heavy atom. The molecule has 2 fully saturated rings. The van der Waals surface area contributed by atoms with Crippen LogP contribution >= 0.6 is 0 Å². The highest BCUT2D eigenvalue weighted by Crippen LogP contribution is 2.63. The summed E-state index contributed by atoms with van der Waals surface area (Å²) in [4.78, 5) is 0. The SMILES string of the molecule is CCC/C=C1/CCC2C3CCC4=C(CC[C@H](O)C4)C3CC[C@]12C. The number of rotatable bonds is 2. The fourth-order valence-electron chi connectivity index (χ4n) is 6.69. The quantitative estimate of drug-likeness (QED) is 0.639. The van der Waals surface area contributed by atoms with Gasteiger partial charge in [-0.15, -0.1) is 0 Å². The number of aliphatic hydroxyl groups excluding tert-OH is 1. The van der Waals surface area contributed by atoms with Gasteiger partial charge in [-0.05, 0) is 87.4 Å². The summed E-state index contributed by atoms with van der Waals surface area (Å²) in [7, 11) is 0. The Bertz CT molecular complexity index is 528. The fourth-order valence-corrected chi connectivity index (χ4v) is 6.69. The Labute approximate surface area is 142 Å². The highest BCUT2D eigenvalue weighted by Gasteiger charge is 2.52. The van der Waals surface area contributed by atoms with Gasteiger partial charge in [0.15, 0.2) is 0 Å². The van der Waals surface area contributed by atoms with Crippen molar-refractivity contribution in [3.63, 3.8) is 0 Å². The number of aliphatic hydroxyl groups is 1. The maximum absolute atomic E-state index is 10.0. The molecule has 4 rings (SSSR count). The number of hydrogen-bond acceptors (Lipinski definition) is 1. The Kier molecular flexibility index (Phi) is 4.20. The van der Waals surface area contributed by atoms with E-state index in [-0.39, 0.29) is 6.10 Å². The van der Waals surface area contributed by atoms with Crippen LogP contribution in [0.4, 0.5) is 0 Å². The highest BCUT2D eigenvalue weighted by molar-refractivity contribution is 5.30. The third kappa shape index (κ3) is 2.54. The van der Waals surface area contributed by atoms with Crippen LogP contribution < -0.4 is 0 Å². The molecule has 0 aromatic heterocycles. The van der Waals surface area contributed by atoms with E-state index in [1.165, 1.54) is 57.8 Å². The predicted molar refractivity (Wildman–Crippen MR) is 96.2 cm³/mol. The molecule has 0 aromatic rings. The lowest BCUT2D eigenvalue weighted by Gasteiger charge is -2.51. The molecule has 1 nitrogen and oxygen atoms in total. The van der Waals surface area contributed by atoms with Gasteiger partial charge < -0.3 is 5.11 Å². The lowest BCUT2D eigenvalue weighted by atomic mass is 9.54. The minimum absolute atomic E-state index is 0.0470. The third-order valence-electron chi connectivity index (χ3n) is 7.87. The Morgan fingerprint density at radius 1 is 1.13 bits per heavy atom. The maximum Gasteiger partial charge on any atom is 0.0580 e. The summed E-state index contributed by atoms with van der Waals surface area (Å²) in [5, 5.41) is 10.0. The van der Waals surface area contributed by atoms with E-state index in [2.05, 4.69) is 19.9 Å². The Morgan fingerprint density at radius 3 is 2.83 bits per heavy atom. The third-order valence-corrected chi connectivity index (χ3v) is 7.87. The Balaban J connectivity index is 1.59. The van der Waals surface area contributed by atoms with Crippen LogP contribution in [-0.4, -0.2) is 11.2 Å². The molecule has 23 heavy (non-hydrogen) atoms. The molecule has 0 spiro atoms. The average Bonchev–Trinajstić information content (AvgIpc) is 2.89. The van der Waals surface area contributed by atoms with E-state index < -0.39 is 0 Å². The van der Waals surface area contributed by atoms with Crippen LogP contribution in [0.25, 0.3) is 0 Å². The maximum atomic E-state index is 10.0. The van der Waals surface area contributed by atoms with Gasteiger partial charge in [-0.25, -0.2) is 0 Å². The molecule has 1 heteroatoms. The number of hydrogen-bond donors (Lipinski definition) is 1. The van der Waals surface area contributed by atoms with Crippen molar-refractivity contribution in [2.45, 2.75) is 90.6 Å². The normalized spacial score (nSPS) is 44.9. The van der Waals surface area contributed by atoms with E-state index in [1.54, 1.807) is 11.1 Å². The molecule has 128 valence electrons. The van der Waals surface area contributed by atoms with Crippen LogP contribution in [-0.2, 0) is 0 Å². The molecular formula is C22H34O. The van der Waals surface area contributed by atoms with E-state index in [4.69, 9.17) is 0 Å². The number of fused-ring (bicyclic) bond motifs is 4. The van der Waals surface area contributed by atoms with Crippen LogP contribution in [0.1, 0.15) is 84.5 Å². The number of unbranched alkanes of at least 4 members (excludes halogenated alkanes) is 1. The van der Waals surface area contributed by atoms with Crippen LogP contribution in [0.15, 0.2) is 22.8 Å². The van der Waals surface area contributed by atoms with E-state index in [0.29, 0.717) is 5.41 Å². The summed E-state index contributed by atoms with van der Waals surface area (Å²) in [6.07, 6.45) is 16.6. The zero-order valence-electron chi connectivity index (χ0n) is 15.1. The van der Waals surface area contributed by atoms with E-state index in [0.717, 1.165) is 30.6 Å². The lowest BCUT2D eigenvalue weighted by molar-refractivity contribution is 0.0543. The smallest absolute Gasteiger partial charge is 0.0580 e. The molecule has 1 N–H and O–H groups in total. The first kappa shape index (κ1) is 15.9. The van der Waals surface area contributed by atoms with Crippen molar-refractivity contribution in [2.75, 3.05) is 0 Å². The van der Waals surface area contributed by atoms with Crippen LogP contribution in [0.2, 0.25) is 0 Å². The molecule has 0 aromatic carbocycles. The molecule has 0 radical (unpaired) electrons. The molecule has 3 unspecified atom stereocenters. The second kappa shape index (κ2) is 6.06. The largest absolute Gasteiger partial charge is 0.393 e. The minimum atomic E-state index is -0.0470. The molecule has 2 saturated carbocycles. The molecule has 0 amide bonds. The highest BCUT2D eigenvalue weighted by atomic mass is 16.3. The molecule has 5 atom stereocenters. The lowest BCUT2D eigenvalue weighted by Crippen LogP contribution is -2.42. The molecule has 0 heterocycles. The van der Waals surface area contributed by atoms with Crippen molar-refractivity contribution in [3.8, 4) is 0 Å². The predicted octanol–water partition coefficient (Wildman–Crippen LogP) is 5.79. The second-order valence-electron chi connectivity index (χ2n) is 8.95. The monoisotopic (exact) mass is 314 g/mol. The topological polar surface area (TPSA) is 20.2 Å². The average molecular weight is 315 g/mol. The van der Waals surface area contributed by atoms with Gasteiger partial charge in [0.2, 0.25) is 0 Å². The second-order valence-corrected chi connectivity index (χ2v) is 8.95. The van der Waals surface area contributed by atoms with Gasteiger partial charge in [0.1, 0.15) is 0 Å². The zero-order valence-corrected chi connectivity index (χ0v) is 15.1. The van der Waals surface area contributed by atoms with Gasteiger partial charge >= 0.3 is 0 Å². The van der Waals surface area contributed by atoms with E-state index in [1.807, 2.05) is 5.57 Å². The minimum Gasteiger partial charge on any atom is -0.393 e. The summed E-state index contributed by atoms with van der Waals surface area (Å²) in [6, 6.07) is 0. The molecule has 4 aliphatic carbocycles. The zero-order chi connectivity index (χ0) is 16.0. The summed E-state index contributed by atoms with van der Waals surface area (Å²) in [6.45, 7) is 4.90. The van der Waals surface area contributed by atoms with Crippen molar-refractivity contribution >= 4 is 0 Å². The standard InChI is InChI=1S/C22H34O/c1-3-4-5-16-7-11-21-20-9-6-15-14-17(23)8-10-18(15)19(20)12-13-22(16,21)2/h5,17,19-21,23H,3-4,6-14H2,1-2H3/b16-5-/t17-,19?,20?,21?,22+/m0/s1. The van der Waals surface area contributed by atoms with Crippen molar-refractivity contribution in [2.24, 2.45) is 23.2 Å². The van der Waals surface area contributed by atoms with Crippen molar-refractivity contribution < 1.29 is 5.11 Å². The van der Waals surface area contributed by atoms with E-state index >= 15 is 0 Å². The fraction of sp³-hybridized carbons (Fsp3) is 0.818. The molecule has 0 saturated heterocycles. The van der Waals surface area contributed by atoms with Crippen molar-refractivity contribution in [3.05, 3.63) is 22.8 Å². The van der Waals surface area contributed by atoms with Crippen LogP contribution in [0.5, 0.6) is 0 Å².